The first kappa shape index (κ1) is 12.4. The van der Waals surface area contributed by atoms with Crippen molar-refractivity contribution < 1.29 is 9.47 Å². The van der Waals surface area contributed by atoms with E-state index in [-0.39, 0.29) is 5.15 Å². The summed E-state index contributed by atoms with van der Waals surface area (Å²) in [5.74, 6) is 1.29. The second-order valence-electron chi connectivity index (χ2n) is 3.06. The van der Waals surface area contributed by atoms with Gasteiger partial charge in [0.25, 0.3) is 5.88 Å². The van der Waals surface area contributed by atoms with Crippen molar-refractivity contribution in [1.82, 2.24) is 9.97 Å². The minimum absolute atomic E-state index is 0.225. The van der Waals surface area contributed by atoms with Gasteiger partial charge in [0.05, 0.1) is 7.11 Å². The number of rotatable bonds is 3. The van der Waals surface area contributed by atoms with Crippen LogP contribution in [-0.4, -0.2) is 17.1 Å². The number of nitrogens with zero attached hydrogens (tertiary/aromatic N) is 2. The first-order chi connectivity index (χ1) is 8.20. The van der Waals surface area contributed by atoms with E-state index in [0.29, 0.717) is 17.4 Å². The van der Waals surface area contributed by atoms with E-state index in [1.54, 1.807) is 0 Å². The van der Waals surface area contributed by atoms with E-state index in [1.807, 2.05) is 24.3 Å². The lowest BCUT2D eigenvalue weighted by Gasteiger charge is -2.09. The van der Waals surface area contributed by atoms with E-state index in [4.69, 9.17) is 21.1 Å². The second kappa shape index (κ2) is 5.50. The normalized spacial score (nSPS) is 10.1. The van der Waals surface area contributed by atoms with Gasteiger partial charge in [0.1, 0.15) is 12.1 Å². The van der Waals surface area contributed by atoms with Gasteiger partial charge in [-0.2, -0.15) is 4.98 Å². The van der Waals surface area contributed by atoms with Crippen LogP contribution in [0.1, 0.15) is 0 Å². The maximum Gasteiger partial charge on any atom is 0.267 e. The number of benzene rings is 1. The molecule has 0 aliphatic heterocycles. The Labute approximate surface area is 117 Å². The molecule has 1 heterocycles. The highest BCUT2D eigenvalue weighted by Crippen LogP contribution is 2.33. The molecule has 0 aliphatic rings. The van der Waals surface area contributed by atoms with Gasteiger partial charge < -0.3 is 9.47 Å². The first-order valence-corrected chi connectivity index (χ1v) is 6.14. The third kappa shape index (κ3) is 2.98. The highest BCUT2D eigenvalue weighted by molar-refractivity contribution is 14.1. The maximum absolute atomic E-state index is 5.86. The van der Waals surface area contributed by atoms with Crippen molar-refractivity contribution in [3.05, 3.63) is 39.3 Å². The molecular formula is C11H8ClIN2O2. The van der Waals surface area contributed by atoms with Crippen molar-refractivity contribution in [3.63, 3.8) is 0 Å². The number of ether oxygens (including phenoxy) is 2. The highest BCUT2D eigenvalue weighted by atomic mass is 127. The molecule has 6 heteroatoms. The maximum atomic E-state index is 5.86. The van der Waals surface area contributed by atoms with Gasteiger partial charge in [0.2, 0.25) is 5.75 Å². The topological polar surface area (TPSA) is 44.2 Å². The number of methoxy groups -OCH3 is 1. The SMILES string of the molecule is COc1c(Cl)ncnc1Oc1ccc(I)cc1. The van der Waals surface area contributed by atoms with E-state index < -0.39 is 0 Å². The van der Waals surface area contributed by atoms with Crippen molar-refractivity contribution in [2.45, 2.75) is 0 Å². The average molecular weight is 363 g/mol. The van der Waals surface area contributed by atoms with Crippen molar-refractivity contribution in [1.29, 1.82) is 0 Å². The summed E-state index contributed by atoms with van der Waals surface area (Å²) in [4.78, 5) is 7.80. The van der Waals surface area contributed by atoms with Gasteiger partial charge in [-0.1, -0.05) is 11.6 Å². The summed E-state index contributed by atoms with van der Waals surface area (Å²) in [5.41, 5.74) is 0. The molecular weight excluding hydrogens is 354 g/mol. The minimum Gasteiger partial charge on any atom is -0.489 e. The van der Waals surface area contributed by atoms with Crippen LogP contribution in [0.5, 0.6) is 17.4 Å². The average Bonchev–Trinajstić information content (AvgIpc) is 2.32. The molecule has 4 nitrogen and oxygen atoms in total. The minimum atomic E-state index is 0.225. The molecule has 0 bridgehead atoms. The van der Waals surface area contributed by atoms with E-state index >= 15 is 0 Å². The molecule has 0 aliphatic carbocycles. The Morgan fingerprint density at radius 3 is 2.53 bits per heavy atom. The van der Waals surface area contributed by atoms with Crippen LogP contribution < -0.4 is 9.47 Å². The smallest absolute Gasteiger partial charge is 0.267 e. The third-order valence-electron chi connectivity index (χ3n) is 1.96. The Morgan fingerprint density at radius 1 is 1.18 bits per heavy atom. The van der Waals surface area contributed by atoms with Crippen molar-refractivity contribution in [3.8, 4) is 17.4 Å². The second-order valence-corrected chi connectivity index (χ2v) is 4.66. The number of hydrogen-bond donors (Lipinski definition) is 0. The molecule has 1 aromatic heterocycles. The van der Waals surface area contributed by atoms with E-state index in [9.17, 15) is 0 Å². The largest absolute Gasteiger partial charge is 0.489 e. The lowest BCUT2D eigenvalue weighted by Crippen LogP contribution is -1.95. The summed E-state index contributed by atoms with van der Waals surface area (Å²) in [6, 6.07) is 7.56. The lowest BCUT2D eigenvalue weighted by atomic mass is 10.3. The fourth-order valence-corrected chi connectivity index (χ4v) is 1.76. The summed E-state index contributed by atoms with van der Waals surface area (Å²) < 4.78 is 11.8. The Morgan fingerprint density at radius 2 is 1.88 bits per heavy atom. The molecule has 0 atom stereocenters. The summed E-state index contributed by atoms with van der Waals surface area (Å²) in [6.07, 6.45) is 1.33. The molecule has 2 rings (SSSR count). The van der Waals surface area contributed by atoms with Gasteiger partial charge in [-0.25, -0.2) is 4.98 Å². The summed E-state index contributed by atoms with van der Waals surface area (Å²) in [7, 11) is 1.49. The quantitative estimate of drug-likeness (QED) is 0.619. The molecule has 0 saturated heterocycles. The predicted octanol–water partition coefficient (Wildman–Crippen LogP) is 3.54. The van der Waals surface area contributed by atoms with Gasteiger partial charge in [-0.05, 0) is 46.9 Å². The van der Waals surface area contributed by atoms with Crippen molar-refractivity contribution in [2.75, 3.05) is 7.11 Å². The van der Waals surface area contributed by atoms with Gasteiger partial charge in [-0.15, -0.1) is 0 Å². The summed E-state index contributed by atoms with van der Waals surface area (Å²) in [6.45, 7) is 0. The highest BCUT2D eigenvalue weighted by Gasteiger charge is 2.12. The van der Waals surface area contributed by atoms with Crippen LogP contribution in [0, 0.1) is 3.57 Å². The molecule has 0 N–H and O–H groups in total. The molecule has 0 saturated carbocycles. The zero-order chi connectivity index (χ0) is 12.3. The molecule has 2 aromatic rings. The molecule has 1 aromatic carbocycles. The summed E-state index contributed by atoms with van der Waals surface area (Å²) >= 11 is 8.08. The molecule has 0 spiro atoms. The van der Waals surface area contributed by atoms with Crippen LogP contribution in [0.25, 0.3) is 0 Å². The summed E-state index contributed by atoms with van der Waals surface area (Å²) in [5, 5.41) is 0.225. The Balaban J connectivity index is 2.29. The Kier molecular flexibility index (Phi) is 4.01. The zero-order valence-electron chi connectivity index (χ0n) is 8.85. The van der Waals surface area contributed by atoms with Crippen LogP contribution in [0.2, 0.25) is 5.15 Å². The lowest BCUT2D eigenvalue weighted by molar-refractivity contribution is 0.367. The van der Waals surface area contributed by atoms with Gasteiger partial charge in [0.15, 0.2) is 5.15 Å². The van der Waals surface area contributed by atoms with Gasteiger partial charge in [0, 0.05) is 3.57 Å². The van der Waals surface area contributed by atoms with Crippen LogP contribution in [0.3, 0.4) is 0 Å². The molecule has 0 fully saturated rings. The van der Waals surface area contributed by atoms with E-state index in [0.717, 1.165) is 3.57 Å². The molecule has 17 heavy (non-hydrogen) atoms. The molecule has 0 unspecified atom stereocenters. The molecule has 88 valence electrons. The first-order valence-electron chi connectivity index (χ1n) is 4.68. The van der Waals surface area contributed by atoms with Crippen LogP contribution in [0.15, 0.2) is 30.6 Å². The van der Waals surface area contributed by atoms with Crippen molar-refractivity contribution >= 4 is 34.2 Å². The van der Waals surface area contributed by atoms with Gasteiger partial charge >= 0.3 is 0 Å². The van der Waals surface area contributed by atoms with E-state index in [1.165, 1.54) is 13.4 Å². The fourth-order valence-electron chi connectivity index (χ4n) is 1.20. The Hall–Kier alpha value is -1.08. The number of halogens is 2. The van der Waals surface area contributed by atoms with Crippen LogP contribution in [-0.2, 0) is 0 Å². The predicted molar refractivity (Wildman–Crippen MR) is 72.8 cm³/mol. The van der Waals surface area contributed by atoms with Crippen molar-refractivity contribution in [2.24, 2.45) is 0 Å². The van der Waals surface area contributed by atoms with Crippen LogP contribution >= 0.6 is 34.2 Å². The van der Waals surface area contributed by atoms with E-state index in [2.05, 4.69) is 32.6 Å². The molecule has 0 amide bonds. The van der Waals surface area contributed by atoms with Crippen LogP contribution in [0.4, 0.5) is 0 Å². The van der Waals surface area contributed by atoms with Gasteiger partial charge in [-0.3, -0.25) is 0 Å². The number of hydrogen-bond acceptors (Lipinski definition) is 4. The zero-order valence-corrected chi connectivity index (χ0v) is 11.8. The number of aromatic nitrogens is 2. The third-order valence-corrected chi connectivity index (χ3v) is 2.95. The molecule has 0 radical (unpaired) electrons. The monoisotopic (exact) mass is 362 g/mol. The standard InChI is InChI=1S/C11H8ClIN2O2/c1-16-9-10(12)14-6-15-11(9)17-8-4-2-7(13)3-5-8/h2-6H,1H3. The fraction of sp³-hybridized carbons (Fsp3) is 0.0909. The Bertz CT molecular complexity index is 519.